The van der Waals surface area contributed by atoms with E-state index in [0.717, 1.165) is 11.8 Å². The van der Waals surface area contributed by atoms with Crippen LogP contribution in [0.4, 0.5) is 0 Å². The van der Waals surface area contributed by atoms with Gasteiger partial charge in [0.05, 0.1) is 11.0 Å². The summed E-state index contributed by atoms with van der Waals surface area (Å²) in [6, 6.07) is 32.5. The number of unbranched alkanes of at least 4 members (excludes halogenated alkanes) is 10. The van der Waals surface area contributed by atoms with E-state index >= 15 is 0 Å². The molecule has 0 radical (unpaired) electrons. The summed E-state index contributed by atoms with van der Waals surface area (Å²) in [5.41, 5.74) is 14.0. The highest BCUT2D eigenvalue weighted by Gasteiger charge is 2.28. The molecule has 4 aromatic carbocycles. The second kappa shape index (κ2) is 18.7. The molecule has 4 heteroatoms. The van der Waals surface area contributed by atoms with Crippen molar-refractivity contribution in [2.75, 3.05) is 0 Å². The molecule has 2 aromatic heterocycles. The van der Waals surface area contributed by atoms with Crippen LogP contribution in [0.15, 0.2) is 93.9 Å². The van der Waals surface area contributed by atoms with Crippen LogP contribution in [-0.2, 0) is 25.7 Å². The number of hydrogen-bond donors (Lipinski definition) is 0. The molecule has 0 bridgehead atoms. The molecule has 0 fully saturated rings. The van der Waals surface area contributed by atoms with Crippen LogP contribution in [-0.4, -0.2) is 9.13 Å². The van der Waals surface area contributed by atoms with Crippen molar-refractivity contribution in [2.24, 2.45) is 11.8 Å². The van der Waals surface area contributed by atoms with Crippen molar-refractivity contribution < 1.29 is 0 Å². The fourth-order valence-electron chi connectivity index (χ4n) is 10.3. The Kier molecular flexibility index (Phi) is 13.2. The van der Waals surface area contributed by atoms with Crippen LogP contribution in [0.2, 0.25) is 0 Å². The highest BCUT2D eigenvalue weighted by molar-refractivity contribution is 9.10. The maximum absolute atomic E-state index is 3.80. The van der Waals surface area contributed by atoms with Gasteiger partial charge >= 0.3 is 0 Å². The van der Waals surface area contributed by atoms with Gasteiger partial charge in [-0.2, -0.15) is 0 Å². The van der Waals surface area contributed by atoms with Gasteiger partial charge in [-0.05, 0) is 133 Å². The highest BCUT2D eigenvalue weighted by Crippen LogP contribution is 2.41. The summed E-state index contributed by atoms with van der Waals surface area (Å²) in [7, 11) is 0. The summed E-state index contributed by atoms with van der Waals surface area (Å²) in [5, 5.41) is 2.86. The lowest BCUT2D eigenvalue weighted by Gasteiger charge is -2.24. The van der Waals surface area contributed by atoms with Crippen LogP contribution in [0.5, 0.6) is 0 Å². The first kappa shape index (κ1) is 39.7. The number of hydrogen-bond acceptors (Lipinski definition) is 0. The molecule has 8 rings (SSSR count). The molecule has 2 aliphatic rings. The van der Waals surface area contributed by atoms with Crippen molar-refractivity contribution in [3.05, 3.63) is 116 Å². The van der Waals surface area contributed by atoms with Gasteiger partial charge in [-0.25, -0.2) is 0 Å². The topological polar surface area (TPSA) is 9.86 Å². The van der Waals surface area contributed by atoms with Crippen molar-refractivity contribution in [1.29, 1.82) is 0 Å². The smallest absolute Gasteiger partial charge is 0.0535 e. The average molecular weight is 875 g/mol. The van der Waals surface area contributed by atoms with E-state index in [0.29, 0.717) is 0 Å². The molecule has 0 spiro atoms. The molecule has 2 nitrogen and oxygen atoms in total. The zero-order chi connectivity index (χ0) is 38.4. The fraction of sp³-hybridized carbons (Fsp3) is 0.462. The van der Waals surface area contributed by atoms with Crippen LogP contribution in [0.25, 0.3) is 44.3 Å². The van der Waals surface area contributed by atoms with E-state index < -0.39 is 0 Å². The molecule has 0 amide bonds. The van der Waals surface area contributed by atoms with Crippen LogP contribution in [0, 0.1) is 11.8 Å². The molecule has 2 unspecified atom stereocenters. The van der Waals surface area contributed by atoms with Crippen LogP contribution in [0.1, 0.15) is 139 Å². The maximum Gasteiger partial charge on any atom is 0.0535 e. The van der Waals surface area contributed by atoms with Gasteiger partial charge in [0.25, 0.3) is 0 Å². The van der Waals surface area contributed by atoms with Gasteiger partial charge in [-0.3, -0.25) is 0 Å². The van der Waals surface area contributed by atoms with Crippen molar-refractivity contribution >= 4 is 53.7 Å². The molecule has 56 heavy (non-hydrogen) atoms. The summed E-state index contributed by atoms with van der Waals surface area (Å²) in [4.78, 5) is 0. The third-order valence-corrected chi connectivity index (χ3v) is 14.4. The Morgan fingerprint density at radius 2 is 0.875 bits per heavy atom. The summed E-state index contributed by atoms with van der Waals surface area (Å²) >= 11 is 7.61. The molecule has 6 aromatic rings. The van der Waals surface area contributed by atoms with Crippen molar-refractivity contribution in [2.45, 2.75) is 142 Å². The monoisotopic (exact) mass is 872 g/mol. The first-order valence-electron chi connectivity index (χ1n) is 22.4. The number of halogens is 2. The number of fused-ring (bicyclic) bond motifs is 6. The average Bonchev–Trinajstić information content (AvgIpc) is 3.71. The lowest BCUT2D eigenvalue weighted by Crippen LogP contribution is -2.16. The minimum Gasteiger partial charge on any atom is -0.313 e. The molecule has 0 N–H and O–H groups in total. The predicted molar refractivity (Wildman–Crippen MR) is 248 cm³/mol. The highest BCUT2D eigenvalue weighted by atomic mass is 79.9. The Balaban J connectivity index is 0.998. The Labute approximate surface area is 353 Å². The maximum atomic E-state index is 3.80. The zero-order valence-corrected chi connectivity index (χ0v) is 37.2. The molecule has 294 valence electrons. The standard InChI is InChI=1S/C52H62Br2N2/c1-3-5-7-9-11-13-15-37-17-29-49-45(33-37)47-35-41(53)23-31-51(47)55(49)43-25-19-39(20-26-43)40-21-27-44(28-22-40)56-50-30-18-38(16-14-12-10-8-6-4-2)34-46(50)48-36-42(54)24-32-52(48)56/h19-28,31-32,35-38H,3-18,29-30,33-34H2,1-2H3. The second-order valence-corrected chi connectivity index (χ2v) is 19.1. The van der Waals surface area contributed by atoms with Crippen LogP contribution >= 0.6 is 31.9 Å². The quantitative estimate of drug-likeness (QED) is 0.0808. The molecule has 0 saturated carbocycles. The lowest BCUT2D eigenvalue weighted by atomic mass is 9.83. The first-order chi connectivity index (χ1) is 27.5. The Morgan fingerprint density at radius 1 is 0.482 bits per heavy atom. The normalized spacial score (nSPS) is 16.8. The Bertz CT molecular complexity index is 2060. The van der Waals surface area contributed by atoms with Crippen molar-refractivity contribution in [1.82, 2.24) is 9.13 Å². The van der Waals surface area contributed by atoms with Gasteiger partial charge < -0.3 is 9.13 Å². The van der Waals surface area contributed by atoms with Gasteiger partial charge in [0.2, 0.25) is 0 Å². The molecular weight excluding hydrogens is 812 g/mol. The molecule has 2 heterocycles. The SMILES string of the molecule is CCCCCCCCC1CCc2c(c3cc(Br)ccc3n2-c2ccc(-c3ccc(-n4c5c(c6cc(Br)ccc64)CC(CCCCCCCC)CC5)cc3)cc2)C1. The van der Waals surface area contributed by atoms with Gasteiger partial charge in [-0.1, -0.05) is 160 Å². The van der Waals surface area contributed by atoms with Crippen molar-refractivity contribution in [3.63, 3.8) is 0 Å². The van der Waals surface area contributed by atoms with Gasteiger partial charge in [0, 0.05) is 42.5 Å². The third kappa shape index (κ3) is 8.68. The molecule has 2 atom stereocenters. The Morgan fingerprint density at radius 3 is 1.29 bits per heavy atom. The predicted octanol–water partition coefficient (Wildman–Crippen LogP) is 16.5. The minimum atomic E-state index is 0.806. The Hall–Kier alpha value is -3.08. The van der Waals surface area contributed by atoms with Gasteiger partial charge in [0.1, 0.15) is 0 Å². The first-order valence-corrected chi connectivity index (χ1v) is 24.0. The van der Waals surface area contributed by atoms with Crippen molar-refractivity contribution in [3.8, 4) is 22.5 Å². The van der Waals surface area contributed by atoms with E-state index in [1.54, 1.807) is 11.1 Å². The van der Waals surface area contributed by atoms with E-state index in [4.69, 9.17) is 0 Å². The molecular formula is C52H62Br2N2. The molecule has 0 aliphatic heterocycles. The summed E-state index contributed by atoms with van der Waals surface area (Å²) in [5.74, 6) is 1.61. The number of rotatable bonds is 17. The summed E-state index contributed by atoms with van der Waals surface area (Å²) in [6.07, 6.45) is 26.7. The van der Waals surface area contributed by atoms with Crippen LogP contribution in [0.3, 0.4) is 0 Å². The van der Waals surface area contributed by atoms with Crippen LogP contribution < -0.4 is 0 Å². The lowest BCUT2D eigenvalue weighted by molar-refractivity contribution is 0.402. The van der Waals surface area contributed by atoms with E-state index in [1.807, 2.05) is 0 Å². The number of benzene rings is 4. The second-order valence-electron chi connectivity index (χ2n) is 17.3. The third-order valence-electron chi connectivity index (χ3n) is 13.4. The molecule has 0 saturated heterocycles. The number of aromatic nitrogens is 2. The zero-order valence-electron chi connectivity index (χ0n) is 34.0. The van der Waals surface area contributed by atoms with E-state index in [2.05, 4.69) is 140 Å². The fourth-order valence-corrected chi connectivity index (χ4v) is 11.0. The van der Waals surface area contributed by atoms with Gasteiger partial charge in [-0.15, -0.1) is 0 Å². The summed E-state index contributed by atoms with van der Waals surface area (Å²) < 4.78 is 7.50. The van der Waals surface area contributed by atoms with E-state index in [9.17, 15) is 0 Å². The summed E-state index contributed by atoms with van der Waals surface area (Å²) in [6.45, 7) is 4.62. The minimum absolute atomic E-state index is 0.806. The van der Waals surface area contributed by atoms with E-state index in [1.165, 1.54) is 193 Å². The van der Waals surface area contributed by atoms with Gasteiger partial charge in [0.15, 0.2) is 0 Å². The van der Waals surface area contributed by atoms with E-state index in [-0.39, 0.29) is 0 Å². The largest absolute Gasteiger partial charge is 0.313 e. The number of nitrogens with zero attached hydrogens (tertiary/aromatic N) is 2. The molecule has 2 aliphatic carbocycles.